The number of rotatable bonds is 1. The van der Waals surface area contributed by atoms with Crippen molar-refractivity contribution in [3.05, 3.63) is 41.7 Å². The monoisotopic (exact) mass is 273 g/mol. The number of aromatic nitrogens is 1. The largest absolute Gasteiger partial charge is 0.318 e. The molecule has 0 saturated carbocycles. The lowest BCUT2D eigenvalue weighted by atomic mass is 9.94. The second-order valence-corrected chi connectivity index (χ2v) is 8.20. The van der Waals surface area contributed by atoms with E-state index in [1.54, 1.807) is 0 Å². The lowest BCUT2D eigenvalue weighted by Gasteiger charge is -2.24. The van der Waals surface area contributed by atoms with E-state index in [0.717, 1.165) is 0 Å². The summed E-state index contributed by atoms with van der Waals surface area (Å²) in [5.74, 6) is 0. The van der Waals surface area contributed by atoms with E-state index in [1.807, 2.05) is 0 Å². The molecule has 19 heavy (non-hydrogen) atoms. The van der Waals surface area contributed by atoms with E-state index in [0.29, 0.717) is 0 Å². The van der Waals surface area contributed by atoms with Gasteiger partial charge in [0.15, 0.2) is 0 Å². The minimum absolute atomic E-state index is 0.135. The maximum Gasteiger partial charge on any atom is 0.0529 e. The average molecular weight is 273 g/mol. The normalized spacial score (nSPS) is 13.2. The molecule has 0 aliphatic heterocycles. The third-order valence-electron chi connectivity index (χ3n) is 3.18. The number of benzene rings is 1. The van der Waals surface area contributed by atoms with Gasteiger partial charge in [0.05, 0.1) is 5.69 Å². The summed E-state index contributed by atoms with van der Waals surface area (Å²) in [6.45, 7) is 13.7. The molecule has 0 spiro atoms. The summed E-state index contributed by atoms with van der Waals surface area (Å²) < 4.78 is 2.49. The fourth-order valence-corrected chi connectivity index (χ4v) is 3.35. The minimum atomic E-state index is 0.135. The van der Waals surface area contributed by atoms with Crippen LogP contribution in [0.4, 0.5) is 0 Å². The number of hydrogen-bond acceptors (Lipinski definition) is 0. The van der Waals surface area contributed by atoms with Gasteiger partial charge in [-0.15, -0.1) is 0 Å². The first-order chi connectivity index (χ1) is 8.69. The Morgan fingerprint density at radius 3 is 1.95 bits per heavy atom. The third kappa shape index (κ3) is 3.09. The van der Waals surface area contributed by atoms with Crippen LogP contribution in [0.5, 0.6) is 0 Å². The molecule has 1 nitrogen and oxygen atoms in total. The Bertz CT molecular complexity index is 553. The second-order valence-electron chi connectivity index (χ2n) is 7.11. The van der Waals surface area contributed by atoms with Gasteiger partial charge in [-0.25, -0.2) is 0 Å². The van der Waals surface area contributed by atoms with Gasteiger partial charge in [-0.3, -0.25) is 0 Å². The molecule has 0 atom stereocenters. The predicted octanol–water partition coefficient (Wildman–Crippen LogP) is 5.79. The van der Waals surface area contributed by atoms with Gasteiger partial charge in [0.25, 0.3) is 0 Å². The predicted molar refractivity (Wildman–Crippen MR) is 86.1 cm³/mol. The molecule has 0 aliphatic carbocycles. The first-order valence-corrected chi connectivity index (χ1v) is 7.71. The third-order valence-corrected chi connectivity index (χ3v) is 5.21. The van der Waals surface area contributed by atoms with E-state index in [9.17, 15) is 0 Å². The molecule has 1 aromatic heterocycles. The van der Waals surface area contributed by atoms with Crippen LogP contribution in [-0.2, 0) is 11.0 Å². The Labute approximate surface area is 118 Å². The van der Waals surface area contributed by atoms with Crippen LogP contribution in [0.15, 0.2) is 36.4 Å². The molecule has 0 unspecified atom stereocenters. The highest BCUT2D eigenvalue weighted by Crippen LogP contribution is 2.40. The molecule has 0 fully saturated rings. The molecule has 0 radical (unpaired) electrons. The summed E-state index contributed by atoms with van der Waals surface area (Å²) in [4.78, 5) is 0. The van der Waals surface area contributed by atoms with Gasteiger partial charge in [-0.2, -0.15) is 0 Å². The summed E-state index contributed by atoms with van der Waals surface area (Å²) >= 11 is 0. The van der Waals surface area contributed by atoms with Crippen molar-refractivity contribution in [3.8, 4) is 11.3 Å². The molecule has 2 heteroatoms. The lowest BCUT2D eigenvalue weighted by Crippen LogP contribution is -2.19. The fourth-order valence-electron chi connectivity index (χ4n) is 2.07. The van der Waals surface area contributed by atoms with Crippen LogP contribution in [0.1, 0.15) is 46.8 Å². The summed E-state index contributed by atoms with van der Waals surface area (Å²) in [5, 5.41) is 1.49. The standard InChI is InChI=1S/C17H24NP/c1-16(2,3)15-12-14(13-10-8-7-9-11-13)18(19-15)17(4,5)6/h7-12H,1-6H3. The highest BCUT2D eigenvalue weighted by molar-refractivity contribution is 7.27. The smallest absolute Gasteiger partial charge is 0.0529 e. The molecule has 2 rings (SSSR count). The summed E-state index contributed by atoms with van der Waals surface area (Å²) in [7, 11) is 1.32. The van der Waals surface area contributed by atoms with Gasteiger partial charge < -0.3 is 4.33 Å². The zero-order valence-corrected chi connectivity index (χ0v) is 13.8. The Morgan fingerprint density at radius 1 is 0.895 bits per heavy atom. The van der Waals surface area contributed by atoms with Crippen molar-refractivity contribution in [1.29, 1.82) is 0 Å². The molecule has 0 amide bonds. The van der Waals surface area contributed by atoms with Crippen molar-refractivity contribution in [2.45, 2.75) is 52.5 Å². The van der Waals surface area contributed by atoms with Crippen LogP contribution in [0.2, 0.25) is 0 Å². The van der Waals surface area contributed by atoms with Gasteiger partial charge >= 0.3 is 0 Å². The summed E-state index contributed by atoms with van der Waals surface area (Å²) in [6, 6.07) is 13.1. The van der Waals surface area contributed by atoms with E-state index >= 15 is 0 Å². The first kappa shape index (κ1) is 14.3. The van der Waals surface area contributed by atoms with E-state index in [4.69, 9.17) is 0 Å². The van der Waals surface area contributed by atoms with Crippen molar-refractivity contribution in [2.24, 2.45) is 0 Å². The van der Waals surface area contributed by atoms with Crippen molar-refractivity contribution in [3.63, 3.8) is 0 Å². The van der Waals surface area contributed by atoms with Crippen molar-refractivity contribution in [2.75, 3.05) is 0 Å². The maximum atomic E-state index is 2.49. The molecular formula is C17H24NP. The van der Waals surface area contributed by atoms with Crippen LogP contribution in [0.3, 0.4) is 0 Å². The van der Waals surface area contributed by atoms with Gasteiger partial charge in [0, 0.05) is 19.2 Å². The Kier molecular flexibility index (Phi) is 3.62. The van der Waals surface area contributed by atoms with E-state index in [2.05, 4.69) is 82.3 Å². The molecule has 102 valence electrons. The maximum absolute atomic E-state index is 2.49. The van der Waals surface area contributed by atoms with Crippen LogP contribution < -0.4 is 0 Å². The van der Waals surface area contributed by atoms with Gasteiger partial charge in [0.2, 0.25) is 0 Å². The number of hydrogen-bond donors (Lipinski definition) is 0. The molecule has 0 bridgehead atoms. The van der Waals surface area contributed by atoms with Gasteiger partial charge in [-0.1, -0.05) is 51.1 Å². The van der Waals surface area contributed by atoms with Crippen molar-refractivity contribution < 1.29 is 0 Å². The SMILES string of the molecule is CC(C)(C)c1cc(-c2ccccc2)n(C(C)(C)C)p1. The van der Waals surface area contributed by atoms with Crippen LogP contribution in [0.25, 0.3) is 11.3 Å². The molecular weight excluding hydrogens is 249 g/mol. The van der Waals surface area contributed by atoms with Crippen LogP contribution >= 0.6 is 8.35 Å². The molecule has 2 aromatic rings. The lowest BCUT2D eigenvalue weighted by molar-refractivity contribution is 0.433. The minimum Gasteiger partial charge on any atom is -0.318 e. The Balaban J connectivity index is 2.63. The molecule has 0 saturated heterocycles. The molecule has 1 aromatic carbocycles. The number of nitrogens with zero attached hydrogens (tertiary/aromatic N) is 1. The molecule has 0 N–H and O–H groups in total. The quantitative estimate of drug-likeness (QED) is 0.620. The van der Waals surface area contributed by atoms with Crippen LogP contribution in [-0.4, -0.2) is 4.33 Å². The van der Waals surface area contributed by atoms with Gasteiger partial charge in [-0.05, 0) is 37.8 Å². The zero-order chi connectivity index (χ0) is 14.3. The second kappa shape index (κ2) is 4.80. The Hall–Kier alpha value is -1.07. The molecule has 0 aliphatic rings. The average Bonchev–Trinajstić information content (AvgIpc) is 2.74. The Morgan fingerprint density at radius 2 is 1.47 bits per heavy atom. The summed E-state index contributed by atoms with van der Waals surface area (Å²) in [5.41, 5.74) is 3.02. The molecule has 1 heterocycles. The topological polar surface area (TPSA) is 4.93 Å². The van der Waals surface area contributed by atoms with Crippen LogP contribution in [0, 0.1) is 0 Å². The van der Waals surface area contributed by atoms with Gasteiger partial charge in [0.1, 0.15) is 0 Å². The fraction of sp³-hybridized carbons (Fsp3) is 0.471. The van der Waals surface area contributed by atoms with E-state index < -0.39 is 0 Å². The van der Waals surface area contributed by atoms with Crippen molar-refractivity contribution >= 4 is 8.35 Å². The first-order valence-electron chi connectivity index (χ1n) is 6.86. The zero-order valence-electron chi connectivity index (χ0n) is 12.9. The summed E-state index contributed by atoms with van der Waals surface area (Å²) in [6.07, 6.45) is 0. The highest BCUT2D eigenvalue weighted by Gasteiger charge is 2.24. The van der Waals surface area contributed by atoms with E-state index in [-0.39, 0.29) is 11.0 Å². The highest BCUT2D eigenvalue weighted by atomic mass is 31.0. The van der Waals surface area contributed by atoms with E-state index in [1.165, 1.54) is 24.9 Å². The van der Waals surface area contributed by atoms with Crippen molar-refractivity contribution in [1.82, 2.24) is 4.33 Å².